The number of hydrogen-bond donors (Lipinski definition) is 1. The van der Waals surface area contributed by atoms with Gasteiger partial charge in [0.05, 0.1) is 11.3 Å². The molecule has 1 aromatic carbocycles. The van der Waals surface area contributed by atoms with Gasteiger partial charge < -0.3 is 15.1 Å². The molecule has 0 aliphatic carbocycles. The van der Waals surface area contributed by atoms with Gasteiger partial charge in [0.15, 0.2) is 0 Å². The minimum atomic E-state index is 0.794. The van der Waals surface area contributed by atoms with Crippen molar-refractivity contribution in [2.75, 3.05) is 42.5 Å². The molecule has 30 heavy (non-hydrogen) atoms. The van der Waals surface area contributed by atoms with E-state index in [4.69, 9.17) is 0 Å². The fourth-order valence-corrected chi connectivity index (χ4v) is 4.54. The molecule has 0 saturated carbocycles. The Bertz CT molecular complexity index is 1070. The van der Waals surface area contributed by atoms with Crippen molar-refractivity contribution >= 4 is 11.5 Å². The Morgan fingerprint density at radius 1 is 0.967 bits per heavy atom. The highest BCUT2D eigenvalue weighted by Gasteiger charge is 2.26. The van der Waals surface area contributed by atoms with Gasteiger partial charge in [-0.15, -0.1) is 0 Å². The largest absolute Gasteiger partial charge is 0.367 e. The molecule has 0 spiro atoms. The van der Waals surface area contributed by atoms with Crippen molar-refractivity contribution in [1.29, 1.82) is 5.26 Å². The number of rotatable bonds is 3. The quantitative estimate of drug-likeness (QED) is 0.734. The van der Waals surface area contributed by atoms with E-state index in [9.17, 15) is 5.26 Å². The molecule has 0 radical (unpaired) electrons. The van der Waals surface area contributed by atoms with E-state index in [-0.39, 0.29) is 0 Å². The summed E-state index contributed by atoms with van der Waals surface area (Å²) in [5.41, 5.74) is 6.62. The molecule has 5 rings (SSSR count). The van der Waals surface area contributed by atoms with E-state index in [0.29, 0.717) is 0 Å². The van der Waals surface area contributed by atoms with Crippen molar-refractivity contribution in [1.82, 2.24) is 15.3 Å². The standard InChI is InChI=1S/C24H24N6/c25-15-21-19-6-9-27-17-22(19)20(18-4-3-7-26-16-18)14-23(21)29-10-12-30(13-11-29)24-5-1-2-8-28-24/h1-5,7-8,14,16,27H,6,9-13,17H2. The van der Waals surface area contributed by atoms with E-state index in [1.165, 1.54) is 16.7 Å². The number of hydrogen-bond acceptors (Lipinski definition) is 6. The summed E-state index contributed by atoms with van der Waals surface area (Å²) in [5.74, 6) is 1.02. The van der Waals surface area contributed by atoms with Crippen LogP contribution in [0.3, 0.4) is 0 Å². The number of aromatic nitrogens is 2. The first-order chi connectivity index (χ1) is 14.8. The Kier molecular flexibility index (Phi) is 5.04. The van der Waals surface area contributed by atoms with Crippen LogP contribution < -0.4 is 15.1 Å². The number of piperazine rings is 1. The molecular weight excluding hydrogens is 372 g/mol. The number of nitriles is 1. The zero-order valence-corrected chi connectivity index (χ0v) is 16.9. The Hall–Kier alpha value is -3.43. The van der Waals surface area contributed by atoms with Crippen molar-refractivity contribution in [2.45, 2.75) is 13.0 Å². The fourth-order valence-electron chi connectivity index (χ4n) is 4.54. The molecule has 2 aliphatic heterocycles. The van der Waals surface area contributed by atoms with Crippen LogP contribution in [-0.2, 0) is 13.0 Å². The van der Waals surface area contributed by atoms with Crippen LogP contribution in [0.4, 0.5) is 11.5 Å². The second kappa shape index (κ2) is 8.13. The molecule has 0 bridgehead atoms. The van der Waals surface area contributed by atoms with Gasteiger partial charge in [-0.25, -0.2) is 4.98 Å². The second-order valence-corrected chi connectivity index (χ2v) is 7.72. The van der Waals surface area contributed by atoms with Gasteiger partial charge in [-0.05, 0) is 53.9 Å². The molecule has 1 saturated heterocycles. The van der Waals surface area contributed by atoms with Crippen LogP contribution in [0.5, 0.6) is 0 Å². The summed E-state index contributed by atoms with van der Waals surface area (Å²) < 4.78 is 0. The van der Waals surface area contributed by atoms with Gasteiger partial charge in [-0.3, -0.25) is 4.98 Å². The number of nitrogens with zero attached hydrogens (tertiary/aromatic N) is 5. The van der Waals surface area contributed by atoms with E-state index >= 15 is 0 Å². The highest BCUT2D eigenvalue weighted by molar-refractivity contribution is 5.78. The van der Waals surface area contributed by atoms with Crippen molar-refractivity contribution in [3.8, 4) is 17.2 Å². The van der Waals surface area contributed by atoms with Crippen LogP contribution in [0.1, 0.15) is 16.7 Å². The van der Waals surface area contributed by atoms with Crippen LogP contribution in [0.2, 0.25) is 0 Å². The Morgan fingerprint density at radius 2 is 1.83 bits per heavy atom. The molecule has 1 N–H and O–H groups in total. The van der Waals surface area contributed by atoms with E-state index < -0.39 is 0 Å². The maximum atomic E-state index is 10.1. The smallest absolute Gasteiger partial charge is 0.128 e. The summed E-state index contributed by atoms with van der Waals surface area (Å²) in [7, 11) is 0. The summed E-state index contributed by atoms with van der Waals surface area (Å²) in [4.78, 5) is 13.5. The number of benzene rings is 1. The average Bonchev–Trinajstić information content (AvgIpc) is 2.84. The number of pyridine rings is 2. The molecule has 0 amide bonds. The lowest BCUT2D eigenvalue weighted by molar-refractivity contribution is 0.635. The Morgan fingerprint density at radius 3 is 2.57 bits per heavy atom. The summed E-state index contributed by atoms with van der Waals surface area (Å²) in [6.07, 6.45) is 6.44. The van der Waals surface area contributed by atoms with Gasteiger partial charge in [0.2, 0.25) is 0 Å². The topological polar surface area (TPSA) is 68.1 Å². The molecular formula is C24H24N6. The van der Waals surface area contributed by atoms with Crippen LogP contribution >= 0.6 is 0 Å². The molecule has 2 aliphatic rings. The molecule has 0 unspecified atom stereocenters. The molecule has 4 heterocycles. The lowest BCUT2D eigenvalue weighted by Crippen LogP contribution is -2.47. The molecule has 6 nitrogen and oxygen atoms in total. The normalized spacial score (nSPS) is 16.1. The van der Waals surface area contributed by atoms with Crippen molar-refractivity contribution in [3.63, 3.8) is 0 Å². The van der Waals surface area contributed by atoms with Gasteiger partial charge in [0, 0.05) is 56.9 Å². The third kappa shape index (κ3) is 3.38. The molecule has 6 heteroatoms. The SMILES string of the molecule is N#Cc1c(N2CCN(c3ccccn3)CC2)cc(-c2cccnc2)c2c1CCNC2. The predicted molar refractivity (Wildman–Crippen MR) is 118 cm³/mol. The molecule has 3 aromatic rings. The maximum absolute atomic E-state index is 10.1. The minimum absolute atomic E-state index is 0.794. The van der Waals surface area contributed by atoms with Crippen molar-refractivity contribution in [3.05, 3.63) is 71.7 Å². The van der Waals surface area contributed by atoms with Gasteiger partial charge in [-0.2, -0.15) is 5.26 Å². The molecule has 0 atom stereocenters. The third-order valence-electron chi connectivity index (χ3n) is 6.06. The summed E-state index contributed by atoms with van der Waals surface area (Å²) in [5, 5.41) is 13.5. The van der Waals surface area contributed by atoms with E-state index in [0.717, 1.165) is 68.3 Å². The fraction of sp³-hybridized carbons (Fsp3) is 0.292. The van der Waals surface area contributed by atoms with Crippen LogP contribution in [0.15, 0.2) is 55.0 Å². The van der Waals surface area contributed by atoms with Crippen LogP contribution in [-0.4, -0.2) is 42.7 Å². The van der Waals surface area contributed by atoms with Crippen molar-refractivity contribution in [2.24, 2.45) is 0 Å². The highest BCUT2D eigenvalue weighted by Crippen LogP contribution is 2.37. The average molecular weight is 396 g/mol. The maximum Gasteiger partial charge on any atom is 0.128 e. The predicted octanol–water partition coefficient (Wildman–Crippen LogP) is 2.99. The second-order valence-electron chi connectivity index (χ2n) is 7.72. The van der Waals surface area contributed by atoms with Gasteiger partial charge in [-0.1, -0.05) is 12.1 Å². The van der Waals surface area contributed by atoms with E-state index in [2.05, 4.69) is 49.4 Å². The summed E-state index contributed by atoms with van der Waals surface area (Å²) in [6, 6.07) is 14.8. The monoisotopic (exact) mass is 396 g/mol. The van der Waals surface area contributed by atoms with E-state index in [1.54, 1.807) is 6.20 Å². The zero-order chi connectivity index (χ0) is 20.3. The Labute approximate surface area is 176 Å². The third-order valence-corrected chi connectivity index (χ3v) is 6.06. The first-order valence-electron chi connectivity index (χ1n) is 10.5. The number of fused-ring (bicyclic) bond motifs is 1. The van der Waals surface area contributed by atoms with Crippen molar-refractivity contribution < 1.29 is 0 Å². The van der Waals surface area contributed by atoms with Gasteiger partial charge in [0.1, 0.15) is 11.9 Å². The van der Waals surface area contributed by atoms with Gasteiger partial charge >= 0.3 is 0 Å². The molecule has 1 fully saturated rings. The summed E-state index contributed by atoms with van der Waals surface area (Å²) >= 11 is 0. The molecule has 2 aromatic heterocycles. The van der Waals surface area contributed by atoms with Gasteiger partial charge in [0.25, 0.3) is 0 Å². The summed E-state index contributed by atoms with van der Waals surface area (Å²) in [6.45, 7) is 5.22. The minimum Gasteiger partial charge on any atom is -0.367 e. The number of anilines is 2. The highest BCUT2D eigenvalue weighted by atomic mass is 15.3. The Balaban J connectivity index is 1.52. The van der Waals surface area contributed by atoms with Crippen LogP contribution in [0.25, 0.3) is 11.1 Å². The number of nitrogens with one attached hydrogen (secondary N) is 1. The first-order valence-corrected chi connectivity index (χ1v) is 10.5. The lowest BCUT2D eigenvalue weighted by Gasteiger charge is -2.38. The first kappa shape index (κ1) is 18.6. The lowest BCUT2D eigenvalue weighted by atomic mass is 9.87. The zero-order valence-electron chi connectivity index (χ0n) is 16.9. The molecule has 150 valence electrons. The van der Waals surface area contributed by atoms with E-state index in [1.807, 2.05) is 30.6 Å². The van der Waals surface area contributed by atoms with Crippen LogP contribution in [0, 0.1) is 11.3 Å².